The molecule has 3 heterocycles. The minimum absolute atomic E-state index is 0.923. The Labute approximate surface area is 106 Å². The first-order valence-electron chi connectivity index (χ1n) is 7.55. The first-order chi connectivity index (χ1) is 8.36. The smallest absolute Gasteiger partial charge is 0.0107 e. The molecule has 98 valence electrons. The molecule has 0 amide bonds. The largest absolute Gasteiger partial charge is 0.314 e. The molecule has 0 radical (unpaired) electrons. The van der Waals surface area contributed by atoms with Crippen LogP contribution in [-0.2, 0) is 0 Å². The van der Waals surface area contributed by atoms with Gasteiger partial charge in [-0.15, -0.1) is 0 Å². The number of hydrogen-bond donors (Lipinski definition) is 1. The van der Waals surface area contributed by atoms with E-state index >= 15 is 0 Å². The summed E-state index contributed by atoms with van der Waals surface area (Å²) in [5.74, 6) is 0.980. The van der Waals surface area contributed by atoms with E-state index in [-0.39, 0.29) is 0 Å². The van der Waals surface area contributed by atoms with E-state index in [9.17, 15) is 0 Å². The Balaban J connectivity index is 1.53. The molecule has 0 aliphatic carbocycles. The molecule has 3 rings (SSSR count). The van der Waals surface area contributed by atoms with Crippen LogP contribution >= 0.6 is 0 Å². The lowest BCUT2D eigenvalue weighted by atomic mass is 9.90. The highest BCUT2D eigenvalue weighted by Crippen LogP contribution is 2.38. The lowest BCUT2D eigenvalue weighted by molar-refractivity contribution is 0.0846. The Morgan fingerprint density at radius 1 is 1.06 bits per heavy atom. The Kier molecular flexibility index (Phi) is 3.69. The van der Waals surface area contributed by atoms with Gasteiger partial charge in [-0.2, -0.15) is 0 Å². The van der Waals surface area contributed by atoms with Crippen molar-refractivity contribution in [3.05, 3.63) is 0 Å². The van der Waals surface area contributed by atoms with Crippen molar-refractivity contribution in [3.8, 4) is 0 Å². The molecule has 3 aliphatic heterocycles. The van der Waals surface area contributed by atoms with Gasteiger partial charge in [-0.25, -0.2) is 0 Å². The first-order valence-corrected chi connectivity index (χ1v) is 7.55. The van der Waals surface area contributed by atoms with Crippen LogP contribution in [0.2, 0.25) is 0 Å². The SMILES string of the molecule is CCN1C2CCC1CC(CN1CCNCC1)C2. The van der Waals surface area contributed by atoms with Crippen LogP contribution in [0.5, 0.6) is 0 Å². The van der Waals surface area contributed by atoms with Gasteiger partial charge in [0.05, 0.1) is 0 Å². The van der Waals surface area contributed by atoms with E-state index < -0.39 is 0 Å². The van der Waals surface area contributed by atoms with Crippen LogP contribution in [0.4, 0.5) is 0 Å². The molecule has 17 heavy (non-hydrogen) atoms. The number of piperazine rings is 1. The number of piperidine rings is 1. The van der Waals surface area contributed by atoms with E-state index in [1.165, 1.54) is 65.0 Å². The molecule has 2 atom stereocenters. The number of nitrogens with one attached hydrogen (secondary N) is 1. The molecule has 0 saturated carbocycles. The second kappa shape index (κ2) is 5.25. The van der Waals surface area contributed by atoms with Crippen LogP contribution in [0.15, 0.2) is 0 Å². The van der Waals surface area contributed by atoms with Gasteiger partial charge < -0.3 is 10.2 Å². The average molecular weight is 237 g/mol. The Bertz CT molecular complexity index is 236. The topological polar surface area (TPSA) is 18.5 Å². The predicted molar refractivity (Wildman–Crippen MR) is 71.2 cm³/mol. The molecular formula is C14H27N3. The highest BCUT2D eigenvalue weighted by Gasteiger charge is 2.39. The normalized spacial score (nSPS) is 39.7. The zero-order valence-corrected chi connectivity index (χ0v) is 11.2. The summed E-state index contributed by atoms with van der Waals surface area (Å²) in [6.07, 6.45) is 5.87. The zero-order chi connectivity index (χ0) is 11.7. The molecule has 3 fully saturated rings. The van der Waals surface area contributed by atoms with Gasteiger partial charge in [-0.3, -0.25) is 4.90 Å². The van der Waals surface area contributed by atoms with Crippen molar-refractivity contribution in [1.82, 2.24) is 15.1 Å². The van der Waals surface area contributed by atoms with E-state index in [0.717, 1.165) is 18.0 Å². The van der Waals surface area contributed by atoms with Crippen molar-refractivity contribution >= 4 is 0 Å². The second-order valence-corrected chi connectivity index (χ2v) is 6.10. The maximum absolute atomic E-state index is 3.45. The van der Waals surface area contributed by atoms with Gasteiger partial charge in [0, 0.05) is 44.8 Å². The Morgan fingerprint density at radius 2 is 1.71 bits per heavy atom. The van der Waals surface area contributed by atoms with Crippen molar-refractivity contribution in [2.24, 2.45) is 5.92 Å². The molecule has 1 N–H and O–H groups in total. The molecule has 0 aromatic rings. The number of hydrogen-bond acceptors (Lipinski definition) is 3. The van der Waals surface area contributed by atoms with Crippen molar-refractivity contribution < 1.29 is 0 Å². The van der Waals surface area contributed by atoms with Gasteiger partial charge in [0.25, 0.3) is 0 Å². The predicted octanol–water partition coefficient (Wildman–Crippen LogP) is 1.15. The summed E-state index contributed by atoms with van der Waals surface area (Å²) in [7, 11) is 0. The van der Waals surface area contributed by atoms with Crippen molar-refractivity contribution in [2.45, 2.75) is 44.7 Å². The van der Waals surface area contributed by atoms with Crippen LogP contribution in [0.1, 0.15) is 32.6 Å². The minimum atomic E-state index is 0.923. The van der Waals surface area contributed by atoms with Crippen LogP contribution in [0, 0.1) is 5.92 Å². The van der Waals surface area contributed by atoms with Crippen molar-refractivity contribution in [2.75, 3.05) is 39.3 Å². The second-order valence-electron chi connectivity index (χ2n) is 6.10. The molecule has 2 unspecified atom stereocenters. The summed E-state index contributed by atoms with van der Waals surface area (Å²) < 4.78 is 0. The van der Waals surface area contributed by atoms with E-state index in [1.807, 2.05) is 0 Å². The maximum atomic E-state index is 3.45. The van der Waals surface area contributed by atoms with Gasteiger partial charge >= 0.3 is 0 Å². The molecule has 0 aromatic carbocycles. The summed E-state index contributed by atoms with van der Waals surface area (Å²) in [5, 5.41) is 3.45. The Morgan fingerprint density at radius 3 is 2.29 bits per heavy atom. The van der Waals surface area contributed by atoms with Crippen LogP contribution < -0.4 is 5.32 Å². The zero-order valence-electron chi connectivity index (χ0n) is 11.2. The van der Waals surface area contributed by atoms with Gasteiger partial charge in [0.2, 0.25) is 0 Å². The van der Waals surface area contributed by atoms with E-state index in [2.05, 4.69) is 22.0 Å². The van der Waals surface area contributed by atoms with Crippen molar-refractivity contribution in [3.63, 3.8) is 0 Å². The van der Waals surface area contributed by atoms with E-state index in [0.29, 0.717) is 0 Å². The fourth-order valence-corrected chi connectivity index (χ4v) is 4.31. The van der Waals surface area contributed by atoms with Gasteiger partial charge in [-0.05, 0) is 38.1 Å². The molecule has 2 bridgehead atoms. The summed E-state index contributed by atoms with van der Waals surface area (Å²) in [6, 6.07) is 1.85. The van der Waals surface area contributed by atoms with Crippen LogP contribution in [-0.4, -0.2) is 61.2 Å². The quantitative estimate of drug-likeness (QED) is 0.794. The molecule has 3 saturated heterocycles. The molecule has 3 heteroatoms. The van der Waals surface area contributed by atoms with E-state index in [4.69, 9.17) is 0 Å². The number of nitrogens with zero attached hydrogens (tertiary/aromatic N) is 2. The van der Waals surface area contributed by atoms with E-state index in [1.54, 1.807) is 0 Å². The number of rotatable bonds is 3. The van der Waals surface area contributed by atoms with Crippen LogP contribution in [0.25, 0.3) is 0 Å². The third-order valence-electron chi connectivity index (χ3n) is 5.07. The van der Waals surface area contributed by atoms with Crippen molar-refractivity contribution in [1.29, 1.82) is 0 Å². The highest BCUT2D eigenvalue weighted by atomic mass is 15.2. The highest BCUT2D eigenvalue weighted by molar-refractivity contribution is 4.95. The van der Waals surface area contributed by atoms with Gasteiger partial charge in [0.15, 0.2) is 0 Å². The third kappa shape index (κ3) is 2.51. The summed E-state index contributed by atoms with van der Waals surface area (Å²) in [4.78, 5) is 5.45. The molecule has 3 aliphatic rings. The van der Waals surface area contributed by atoms with Gasteiger partial charge in [-0.1, -0.05) is 6.92 Å². The van der Waals surface area contributed by atoms with Crippen LogP contribution in [0.3, 0.4) is 0 Å². The number of fused-ring (bicyclic) bond motifs is 2. The minimum Gasteiger partial charge on any atom is -0.314 e. The summed E-state index contributed by atoms with van der Waals surface area (Å²) in [5.41, 5.74) is 0. The lowest BCUT2D eigenvalue weighted by Gasteiger charge is -2.40. The standard InChI is InChI=1S/C14H27N3/c1-2-17-13-3-4-14(17)10-12(9-13)11-16-7-5-15-6-8-16/h12-15H,2-11H2,1H3. The summed E-state index contributed by atoms with van der Waals surface area (Å²) >= 11 is 0. The lowest BCUT2D eigenvalue weighted by Crippen LogP contribution is -2.49. The molecule has 3 nitrogen and oxygen atoms in total. The molecular weight excluding hydrogens is 210 g/mol. The fraction of sp³-hybridized carbons (Fsp3) is 1.00. The fourth-order valence-electron chi connectivity index (χ4n) is 4.31. The summed E-state index contributed by atoms with van der Waals surface area (Å²) in [6.45, 7) is 9.90. The maximum Gasteiger partial charge on any atom is 0.0107 e. The molecule has 0 spiro atoms. The van der Waals surface area contributed by atoms with Gasteiger partial charge in [0.1, 0.15) is 0 Å². The molecule has 0 aromatic heterocycles. The third-order valence-corrected chi connectivity index (χ3v) is 5.07. The first kappa shape index (κ1) is 11.9. The average Bonchev–Trinajstić information content (AvgIpc) is 2.61. The Hall–Kier alpha value is -0.120. The monoisotopic (exact) mass is 237 g/mol.